The van der Waals surface area contributed by atoms with Crippen molar-refractivity contribution >= 4 is 28.3 Å². The average molecular weight is 359 g/mol. The highest BCUT2D eigenvalue weighted by molar-refractivity contribution is 7.15. The number of rotatable bonds is 5. The Bertz CT molecular complexity index is 770. The molecule has 7 heteroatoms. The summed E-state index contributed by atoms with van der Waals surface area (Å²) >= 11 is 1.45. The molecule has 0 spiro atoms. The van der Waals surface area contributed by atoms with Crippen LogP contribution in [-0.4, -0.2) is 35.4 Å². The van der Waals surface area contributed by atoms with Crippen LogP contribution in [0.15, 0.2) is 24.3 Å². The number of benzene rings is 1. The van der Waals surface area contributed by atoms with E-state index in [4.69, 9.17) is 4.74 Å². The van der Waals surface area contributed by atoms with Crippen molar-refractivity contribution in [2.24, 2.45) is 0 Å². The van der Waals surface area contributed by atoms with Crippen molar-refractivity contribution in [2.75, 3.05) is 19.0 Å². The summed E-state index contributed by atoms with van der Waals surface area (Å²) in [7, 11) is 1.64. The number of amides is 2. The van der Waals surface area contributed by atoms with Gasteiger partial charge in [-0.15, -0.1) is 0 Å². The Morgan fingerprint density at radius 1 is 1.32 bits per heavy atom. The van der Waals surface area contributed by atoms with Crippen molar-refractivity contribution in [2.45, 2.75) is 32.7 Å². The zero-order valence-electron chi connectivity index (χ0n) is 14.4. The van der Waals surface area contributed by atoms with Crippen LogP contribution in [0.1, 0.15) is 29.5 Å². The SMILES string of the molecule is COc1ccc(CCC(=O)N2CCc3nc(NC(C)=O)sc3C2)cc1. The van der Waals surface area contributed by atoms with E-state index in [1.54, 1.807) is 7.11 Å². The minimum Gasteiger partial charge on any atom is -0.497 e. The summed E-state index contributed by atoms with van der Waals surface area (Å²) < 4.78 is 5.14. The molecule has 2 heterocycles. The zero-order valence-corrected chi connectivity index (χ0v) is 15.2. The summed E-state index contributed by atoms with van der Waals surface area (Å²) in [4.78, 5) is 31.0. The van der Waals surface area contributed by atoms with Crippen molar-refractivity contribution in [1.29, 1.82) is 0 Å². The number of ether oxygens (including phenoxy) is 1. The van der Waals surface area contributed by atoms with Crippen molar-refractivity contribution in [1.82, 2.24) is 9.88 Å². The summed E-state index contributed by atoms with van der Waals surface area (Å²) in [5.74, 6) is 0.841. The van der Waals surface area contributed by atoms with E-state index < -0.39 is 0 Å². The summed E-state index contributed by atoms with van der Waals surface area (Å²) in [5, 5.41) is 3.33. The molecule has 1 N–H and O–H groups in total. The molecule has 6 nitrogen and oxygen atoms in total. The van der Waals surface area contributed by atoms with Crippen molar-refractivity contribution in [3.8, 4) is 5.75 Å². The molecule has 132 valence electrons. The average Bonchev–Trinajstić information content (AvgIpc) is 3.00. The number of aromatic nitrogens is 1. The van der Waals surface area contributed by atoms with E-state index in [9.17, 15) is 9.59 Å². The Morgan fingerprint density at radius 3 is 2.76 bits per heavy atom. The van der Waals surface area contributed by atoms with Gasteiger partial charge in [0.1, 0.15) is 5.75 Å². The van der Waals surface area contributed by atoms with Gasteiger partial charge in [-0.2, -0.15) is 0 Å². The number of anilines is 1. The molecule has 0 atom stereocenters. The molecule has 0 unspecified atom stereocenters. The van der Waals surface area contributed by atoms with E-state index in [1.807, 2.05) is 29.2 Å². The van der Waals surface area contributed by atoms with Gasteiger partial charge in [-0.25, -0.2) is 4.98 Å². The summed E-state index contributed by atoms with van der Waals surface area (Å²) in [5.41, 5.74) is 2.12. The molecule has 0 saturated heterocycles. The van der Waals surface area contributed by atoms with Crippen molar-refractivity contribution < 1.29 is 14.3 Å². The highest BCUT2D eigenvalue weighted by atomic mass is 32.1. The molecule has 2 amide bonds. The lowest BCUT2D eigenvalue weighted by molar-refractivity contribution is -0.132. The highest BCUT2D eigenvalue weighted by Gasteiger charge is 2.24. The standard InChI is InChI=1S/C18H21N3O3S/c1-12(22)19-18-20-15-9-10-21(11-16(15)25-18)17(23)8-5-13-3-6-14(24-2)7-4-13/h3-4,6-7H,5,8-11H2,1-2H3,(H,19,20,22). The molecule has 3 rings (SSSR count). The molecule has 1 aromatic heterocycles. The number of nitrogens with zero attached hydrogens (tertiary/aromatic N) is 2. The van der Waals surface area contributed by atoms with Gasteiger partial charge in [0.2, 0.25) is 11.8 Å². The summed E-state index contributed by atoms with van der Waals surface area (Å²) in [6.45, 7) is 2.72. The Hall–Kier alpha value is -2.41. The molecule has 1 aromatic carbocycles. The van der Waals surface area contributed by atoms with Crippen LogP contribution in [0.5, 0.6) is 5.75 Å². The fourth-order valence-electron chi connectivity index (χ4n) is 2.81. The van der Waals surface area contributed by atoms with Crippen LogP contribution in [0.4, 0.5) is 5.13 Å². The summed E-state index contributed by atoms with van der Waals surface area (Å²) in [6.07, 6.45) is 1.94. The van der Waals surface area contributed by atoms with E-state index in [1.165, 1.54) is 18.3 Å². The maximum atomic E-state index is 12.5. The second-order valence-electron chi connectivity index (χ2n) is 5.98. The lowest BCUT2D eigenvalue weighted by atomic mass is 10.1. The highest BCUT2D eigenvalue weighted by Crippen LogP contribution is 2.28. The first-order valence-electron chi connectivity index (χ1n) is 8.22. The normalized spacial score (nSPS) is 13.3. The Labute approximate surface area is 150 Å². The first kappa shape index (κ1) is 17.4. The first-order chi connectivity index (χ1) is 12.0. The Morgan fingerprint density at radius 2 is 2.08 bits per heavy atom. The minimum absolute atomic E-state index is 0.126. The van der Waals surface area contributed by atoms with Gasteiger partial charge in [0.05, 0.1) is 19.3 Å². The van der Waals surface area contributed by atoms with Gasteiger partial charge in [-0.05, 0) is 24.1 Å². The molecule has 0 bridgehead atoms. The minimum atomic E-state index is -0.126. The van der Waals surface area contributed by atoms with Crippen LogP contribution in [0.2, 0.25) is 0 Å². The molecule has 1 aliphatic heterocycles. The zero-order chi connectivity index (χ0) is 17.8. The van der Waals surface area contributed by atoms with Crippen molar-refractivity contribution in [3.63, 3.8) is 0 Å². The van der Waals surface area contributed by atoms with Gasteiger partial charge in [0.25, 0.3) is 0 Å². The predicted octanol–water partition coefficient (Wildman–Crippen LogP) is 2.63. The van der Waals surface area contributed by atoms with Gasteiger partial charge < -0.3 is 15.0 Å². The van der Waals surface area contributed by atoms with Crippen LogP contribution >= 0.6 is 11.3 Å². The van der Waals surface area contributed by atoms with Crippen LogP contribution in [0.25, 0.3) is 0 Å². The molecule has 0 fully saturated rings. The second kappa shape index (κ2) is 7.65. The van der Waals surface area contributed by atoms with Crippen molar-refractivity contribution in [3.05, 3.63) is 40.4 Å². The molecule has 1 aliphatic rings. The van der Waals surface area contributed by atoms with Crippen LogP contribution in [0.3, 0.4) is 0 Å². The number of carbonyl (C=O) groups is 2. The van der Waals surface area contributed by atoms with E-state index in [-0.39, 0.29) is 11.8 Å². The largest absolute Gasteiger partial charge is 0.497 e. The number of aryl methyl sites for hydroxylation is 1. The summed E-state index contributed by atoms with van der Waals surface area (Å²) in [6, 6.07) is 7.80. The molecule has 0 radical (unpaired) electrons. The van der Waals surface area contributed by atoms with E-state index in [0.29, 0.717) is 31.1 Å². The third-order valence-corrected chi connectivity index (χ3v) is 5.15. The lowest BCUT2D eigenvalue weighted by Crippen LogP contribution is -2.35. The van der Waals surface area contributed by atoms with E-state index >= 15 is 0 Å². The third-order valence-electron chi connectivity index (χ3n) is 4.15. The molecular weight excluding hydrogens is 338 g/mol. The number of hydrogen-bond acceptors (Lipinski definition) is 5. The number of carbonyl (C=O) groups excluding carboxylic acids is 2. The molecule has 0 aliphatic carbocycles. The molecule has 2 aromatic rings. The molecule has 25 heavy (non-hydrogen) atoms. The topological polar surface area (TPSA) is 71.5 Å². The third kappa shape index (κ3) is 4.36. The van der Waals surface area contributed by atoms with E-state index in [2.05, 4.69) is 10.3 Å². The van der Waals surface area contributed by atoms with Crippen LogP contribution in [-0.2, 0) is 29.0 Å². The number of methoxy groups -OCH3 is 1. The lowest BCUT2D eigenvalue weighted by Gasteiger charge is -2.26. The number of fused-ring (bicyclic) bond motifs is 1. The number of nitrogens with one attached hydrogen (secondary N) is 1. The van der Waals surface area contributed by atoms with Crippen LogP contribution in [0, 0.1) is 0 Å². The van der Waals surface area contributed by atoms with Gasteiger partial charge >= 0.3 is 0 Å². The number of hydrogen-bond donors (Lipinski definition) is 1. The fraction of sp³-hybridized carbons (Fsp3) is 0.389. The Kier molecular flexibility index (Phi) is 5.33. The smallest absolute Gasteiger partial charge is 0.223 e. The first-order valence-corrected chi connectivity index (χ1v) is 9.03. The maximum absolute atomic E-state index is 12.5. The second-order valence-corrected chi connectivity index (χ2v) is 7.07. The molecular formula is C18H21N3O3S. The number of thiazole rings is 1. The monoisotopic (exact) mass is 359 g/mol. The van der Waals surface area contributed by atoms with Gasteiger partial charge in [0, 0.05) is 31.2 Å². The Balaban J connectivity index is 1.56. The quantitative estimate of drug-likeness (QED) is 0.891. The van der Waals surface area contributed by atoms with E-state index in [0.717, 1.165) is 28.3 Å². The van der Waals surface area contributed by atoms with Crippen LogP contribution < -0.4 is 10.1 Å². The van der Waals surface area contributed by atoms with Gasteiger partial charge in [0.15, 0.2) is 5.13 Å². The molecule has 0 saturated carbocycles. The predicted molar refractivity (Wildman–Crippen MR) is 96.9 cm³/mol. The fourth-order valence-corrected chi connectivity index (χ4v) is 3.88. The van der Waals surface area contributed by atoms with Gasteiger partial charge in [-0.1, -0.05) is 23.5 Å². The van der Waals surface area contributed by atoms with Gasteiger partial charge in [-0.3, -0.25) is 9.59 Å². The maximum Gasteiger partial charge on any atom is 0.223 e.